The molecule has 1 N–H and O–H groups in total. The second-order valence-electron chi connectivity index (χ2n) is 6.84. The van der Waals surface area contributed by atoms with Crippen LogP contribution in [0, 0.1) is 6.92 Å². The van der Waals surface area contributed by atoms with Gasteiger partial charge >= 0.3 is 5.97 Å². The van der Waals surface area contributed by atoms with Crippen molar-refractivity contribution < 1.29 is 9.53 Å². The Morgan fingerprint density at radius 3 is 2.62 bits per heavy atom. The van der Waals surface area contributed by atoms with Crippen LogP contribution in [0.1, 0.15) is 24.2 Å². The van der Waals surface area contributed by atoms with E-state index in [2.05, 4.69) is 5.32 Å². The summed E-state index contributed by atoms with van der Waals surface area (Å²) in [6, 6.07) is 23.0. The number of pyridine rings is 1. The van der Waals surface area contributed by atoms with Crippen molar-refractivity contribution >= 4 is 17.3 Å². The third kappa shape index (κ3) is 3.85. The monoisotopic (exact) mass is 385 g/mol. The van der Waals surface area contributed by atoms with Gasteiger partial charge in [0.25, 0.3) is 0 Å². The van der Waals surface area contributed by atoms with Crippen LogP contribution >= 0.6 is 0 Å². The second-order valence-corrected chi connectivity index (χ2v) is 6.84. The Hall–Kier alpha value is -3.60. The number of hydrogen-bond donors (Lipinski definition) is 1. The molecule has 0 aliphatic carbocycles. The Balaban J connectivity index is 1.90. The summed E-state index contributed by atoms with van der Waals surface area (Å²) < 4.78 is 7.38. The van der Waals surface area contributed by atoms with Crippen LogP contribution in [0.15, 0.2) is 79.0 Å². The fourth-order valence-electron chi connectivity index (χ4n) is 3.47. The Morgan fingerprint density at radius 2 is 1.86 bits per heavy atom. The fraction of sp³-hybridized carbons (Fsp3) is 0.167. The maximum atomic E-state index is 13.0. The standard InChI is InChI=1S/C24H23N3O2/c1-3-29-24(28)22(25-19-13-9-10-17(2)16-19)23-21(18-11-5-4-6-12-18)26-20-14-7-8-15-27(20)23/h4-16,22,25H,3H2,1-2H3. The van der Waals surface area contributed by atoms with Crippen LogP contribution in [0.3, 0.4) is 0 Å². The number of nitrogens with one attached hydrogen (secondary N) is 1. The topological polar surface area (TPSA) is 55.6 Å². The number of ether oxygens (including phenoxy) is 1. The lowest BCUT2D eigenvalue weighted by Gasteiger charge is -2.20. The lowest BCUT2D eigenvalue weighted by atomic mass is 10.0. The van der Waals surface area contributed by atoms with E-state index < -0.39 is 6.04 Å². The number of hydrogen-bond acceptors (Lipinski definition) is 4. The summed E-state index contributed by atoms with van der Waals surface area (Å²) in [6.45, 7) is 4.14. The average molecular weight is 385 g/mol. The normalized spacial score (nSPS) is 11.9. The molecule has 0 amide bonds. The molecule has 0 aliphatic rings. The number of anilines is 1. The van der Waals surface area contributed by atoms with Crippen molar-refractivity contribution in [2.24, 2.45) is 0 Å². The third-order valence-electron chi connectivity index (χ3n) is 4.74. The summed E-state index contributed by atoms with van der Waals surface area (Å²) in [5.41, 5.74) is 5.21. The van der Waals surface area contributed by atoms with E-state index in [1.807, 2.05) is 97.2 Å². The van der Waals surface area contributed by atoms with Crippen molar-refractivity contribution in [2.75, 3.05) is 11.9 Å². The van der Waals surface area contributed by atoms with E-state index in [1.165, 1.54) is 0 Å². The molecule has 0 spiro atoms. The smallest absolute Gasteiger partial charge is 0.334 e. The van der Waals surface area contributed by atoms with Crippen LogP contribution in [0.5, 0.6) is 0 Å². The zero-order valence-electron chi connectivity index (χ0n) is 16.5. The van der Waals surface area contributed by atoms with Crippen LogP contribution in [-0.2, 0) is 9.53 Å². The van der Waals surface area contributed by atoms with Gasteiger partial charge in [0.1, 0.15) is 5.65 Å². The average Bonchev–Trinajstić information content (AvgIpc) is 3.12. The number of carbonyl (C=O) groups is 1. The molecule has 0 bridgehead atoms. The minimum atomic E-state index is -0.704. The molecule has 5 nitrogen and oxygen atoms in total. The van der Waals surface area contributed by atoms with Crippen molar-refractivity contribution in [1.29, 1.82) is 0 Å². The molecule has 0 fully saturated rings. The molecule has 0 saturated heterocycles. The molecule has 4 rings (SSSR count). The minimum Gasteiger partial charge on any atom is -0.464 e. The number of rotatable bonds is 6. The van der Waals surface area contributed by atoms with Gasteiger partial charge in [-0.25, -0.2) is 9.78 Å². The predicted molar refractivity (Wildman–Crippen MR) is 115 cm³/mol. The zero-order chi connectivity index (χ0) is 20.2. The van der Waals surface area contributed by atoms with E-state index in [1.54, 1.807) is 0 Å². The summed E-state index contributed by atoms with van der Waals surface area (Å²) in [7, 11) is 0. The number of esters is 1. The van der Waals surface area contributed by atoms with Gasteiger partial charge in [-0.05, 0) is 43.7 Å². The summed E-state index contributed by atoms with van der Waals surface area (Å²) in [6.07, 6.45) is 1.92. The summed E-state index contributed by atoms with van der Waals surface area (Å²) in [5.74, 6) is -0.336. The molecule has 4 aromatic rings. The van der Waals surface area contributed by atoms with Crippen molar-refractivity contribution in [2.45, 2.75) is 19.9 Å². The van der Waals surface area contributed by atoms with E-state index in [-0.39, 0.29) is 5.97 Å². The van der Waals surface area contributed by atoms with Gasteiger partial charge < -0.3 is 14.5 Å². The molecular formula is C24H23N3O2. The number of fused-ring (bicyclic) bond motifs is 1. The summed E-state index contributed by atoms with van der Waals surface area (Å²) in [4.78, 5) is 17.9. The lowest BCUT2D eigenvalue weighted by molar-refractivity contribution is -0.144. The molecule has 5 heteroatoms. The van der Waals surface area contributed by atoms with Crippen LogP contribution < -0.4 is 5.32 Å². The first kappa shape index (κ1) is 18.7. The number of aryl methyl sites for hydroxylation is 1. The number of imidazole rings is 1. The van der Waals surface area contributed by atoms with Gasteiger partial charge in [0, 0.05) is 17.4 Å². The van der Waals surface area contributed by atoms with E-state index in [0.29, 0.717) is 6.61 Å². The van der Waals surface area contributed by atoms with Crippen LogP contribution in [0.2, 0.25) is 0 Å². The first-order valence-electron chi connectivity index (χ1n) is 9.69. The van der Waals surface area contributed by atoms with Gasteiger partial charge in [0.05, 0.1) is 18.0 Å². The molecule has 2 aromatic carbocycles. The van der Waals surface area contributed by atoms with E-state index in [4.69, 9.17) is 9.72 Å². The fourth-order valence-corrected chi connectivity index (χ4v) is 3.47. The molecule has 0 saturated carbocycles. The predicted octanol–water partition coefficient (Wildman–Crippen LogP) is 5.03. The number of aromatic nitrogens is 2. The molecule has 2 heterocycles. The Labute approximate surface area is 170 Å². The number of benzene rings is 2. The van der Waals surface area contributed by atoms with Crippen LogP contribution in [0.25, 0.3) is 16.9 Å². The SMILES string of the molecule is CCOC(=O)C(Nc1cccc(C)c1)c1c(-c2ccccc2)nc2ccccn12. The van der Waals surface area contributed by atoms with Crippen molar-refractivity contribution in [3.05, 3.63) is 90.3 Å². The lowest BCUT2D eigenvalue weighted by Crippen LogP contribution is -2.25. The van der Waals surface area contributed by atoms with Crippen molar-refractivity contribution in [3.63, 3.8) is 0 Å². The third-order valence-corrected chi connectivity index (χ3v) is 4.74. The van der Waals surface area contributed by atoms with Crippen molar-refractivity contribution in [1.82, 2.24) is 9.38 Å². The molecule has 0 aliphatic heterocycles. The maximum absolute atomic E-state index is 13.0. The molecule has 1 unspecified atom stereocenters. The Bertz CT molecular complexity index is 1140. The van der Waals surface area contributed by atoms with Gasteiger partial charge in [0.15, 0.2) is 6.04 Å². The molecule has 1 atom stereocenters. The van der Waals surface area contributed by atoms with Gasteiger partial charge in [-0.15, -0.1) is 0 Å². The summed E-state index contributed by atoms with van der Waals surface area (Å²) in [5, 5.41) is 3.37. The molecular weight excluding hydrogens is 362 g/mol. The maximum Gasteiger partial charge on any atom is 0.334 e. The minimum absolute atomic E-state index is 0.308. The Morgan fingerprint density at radius 1 is 1.07 bits per heavy atom. The number of nitrogens with zero attached hydrogens (tertiary/aromatic N) is 2. The first-order valence-corrected chi connectivity index (χ1v) is 9.69. The highest BCUT2D eigenvalue weighted by Crippen LogP contribution is 2.32. The largest absolute Gasteiger partial charge is 0.464 e. The summed E-state index contributed by atoms with van der Waals surface area (Å²) >= 11 is 0. The van der Waals surface area contributed by atoms with Crippen LogP contribution in [-0.4, -0.2) is 22.0 Å². The molecule has 2 aromatic heterocycles. The van der Waals surface area contributed by atoms with Gasteiger partial charge in [-0.3, -0.25) is 0 Å². The van der Waals surface area contributed by atoms with Gasteiger partial charge in [-0.2, -0.15) is 0 Å². The highest BCUT2D eigenvalue weighted by Gasteiger charge is 2.29. The van der Waals surface area contributed by atoms with E-state index in [0.717, 1.165) is 33.8 Å². The number of carbonyl (C=O) groups excluding carboxylic acids is 1. The highest BCUT2D eigenvalue weighted by atomic mass is 16.5. The van der Waals surface area contributed by atoms with E-state index >= 15 is 0 Å². The second kappa shape index (κ2) is 8.19. The zero-order valence-corrected chi connectivity index (χ0v) is 16.5. The van der Waals surface area contributed by atoms with Gasteiger partial charge in [-0.1, -0.05) is 48.5 Å². The quantitative estimate of drug-likeness (QED) is 0.473. The van der Waals surface area contributed by atoms with E-state index in [9.17, 15) is 4.79 Å². The van der Waals surface area contributed by atoms with Crippen LogP contribution in [0.4, 0.5) is 5.69 Å². The van der Waals surface area contributed by atoms with Gasteiger partial charge in [0.2, 0.25) is 0 Å². The molecule has 29 heavy (non-hydrogen) atoms. The van der Waals surface area contributed by atoms with Crippen molar-refractivity contribution in [3.8, 4) is 11.3 Å². The molecule has 0 radical (unpaired) electrons. The Kier molecular flexibility index (Phi) is 5.29. The highest BCUT2D eigenvalue weighted by molar-refractivity contribution is 5.84. The molecule has 146 valence electrons. The first-order chi connectivity index (χ1) is 14.2.